The summed E-state index contributed by atoms with van der Waals surface area (Å²) in [5.41, 5.74) is 5.44. The van der Waals surface area contributed by atoms with Gasteiger partial charge in [-0.1, -0.05) is 12.1 Å². The van der Waals surface area contributed by atoms with Gasteiger partial charge in [-0.25, -0.2) is 4.98 Å². The van der Waals surface area contributed by atoms with Crippen LogP contribution in [0.15, 0.2) is 59.0 Å². The van der Waals surface area contributed by atoms with Gasteiger partial charge >= 0.3 is 0 Å². The van der Waals surface area contributed by atoms with Crippen LogP contribution in [-0.2, 0) is 0 Å². The first-order chi connectivity index (χ1) is 14.3. The van der Waals surface area contributed by atoms with E-state index in [1.54, 1.807) is 31.2 Å². The number of benzene rings is 3. The molecule has 1 heterocycles. The molecular formula is C23H19N3O4. The molecule has 4 aromatic rings. The Kier molecular flexibility index (Phi) is 4.79. The number of hydrogen-bond donors (Lipinski definition) is 1. The quantitative estimate of drug-likeness (QED) is 0.355. The number of aromatic nitrogens is 1. The second-order valence-electron chi connectivity index (χ2n) is 7.16. The normalized spacial score (nSPS) is 10.9. The smallest absolute Gasteiger partial charge is 0.273 e. The molecule has 150 valence electrons. The van der Waals surface area contributed by atoms with Crippen molar-refractivity contribution in [2.75, 3.05) is 5.32 Å². The summed E-state index contributed by atoms with van der Waals surface area (Å²) in [6, 6.07) is 15.6. The summed E-state index contributed by atoms with van der Waals surface area (Å²) >= 11 is 0. The molecule has 0 radical (unpaired) electrons. The van der Waals surface area contributed by atoms with Crippen LogP contribution >= 0.6 is 0 Å². The van der Waals surface area contributed by atoms with E-state index in [0.29, 0.717) is 28.2 Å². The number of oxazole rings is 1. The predicted octanol–water partition coefficient (Wildman–Crippen LogP) is 5.58. The Morgan fingerprint density at radius 1 is 1.03 bits per heavy atom. The van der Waals surface area contributed by atoms with Crippen LogP contribution in [0.1, 0.15) is 27.0 Å². The first-order valence-corrected chi connectivity index (χ1v) is 9.37. The van der Waals surface area contributed by atoms with Crippen LogP contribution in [-0.4, -0.2) is 15.8 Å². The van der Waals surface area contributed by atoms with E-state index in [2.05, 4.69) is 10.3 Å². The molecule has 1 aromatic heterocycles. The van der Waals surface area contributed by atoms with Gasteiger partial charge in [0.1, 0.15) is 5.52 Å². The Morgan fingerprint density at radius 2 is 1.83 bits per heavy atom. The summed E-state index contributed by atoms with van der Waals surface area (Å²) in [6.07, 6.45) is 0. The lowest BCUT2D eigenvalue weighted by Crippen LogP contribution is -2.14. The average molecular weight is 401 g/mol. The molecule has 30 heavy (non-hydrogen) atoms. The number of fused-ring (bicyclic) bond motifs is 1. The molecule has 0 saturated carbocycles. The molecule has 0 unspecified atom stereocenters. The van der Waals surface area contributed by atoms with Crippen LogP contribution in [0.25, 0.3) is 22.6 Å². The number of carbonyl (C=O) groups is 1. The van der Waals surface area contributed by atoms with E-state index in [1.165, 1.54) is 17.7 Å². The van der Waals surface area contributed by atoms with Gasteiger partial charge in [-0.05, 0) is 68.3 Å². The van der Waals surface area contributed by atoms with Crippen LogP contribution < -0.4 is 5.32 Å². The van der Waals surface area contributed by atoms with Gasteiger partial charge < -0.3 is 9.73 Å². The topological polar surface area (TPSA) is 98.3 Å². The number of amides is 1. The fourth-order valence-electron chi connectivity index (χ4n) is 3.27. The van der Waals surface area contributed by atoms with Crippen molar-refractivity contribution in [3.8, 4) is 11.5 Å². The molecule has 1 amide bonds. The lowest BCUT2D eigenvalue weighted by Gasteiger charge is -2.07. The number of nitrogens with zero attached hydrogens (tertiary/aromatic N) is 2. The van der Waals surface area contributed by atoms with Gasteiger partial charge in [-0.15, -0.1) is 0 Å². The third kappa shape index (κ3) is 3.53. The van der Waals surface area contributed by atoms with Crippen molar-refractivity contribution < 1.29 is 14.1 Å². The van der Waals surface area contributed by atoms with E-state index in [1.807, 2.05) is 32.0 Å². The molecule has 0 spiro atoms. The zero-order valence-corrected chi connectivity index (χ0v) is 16.7. The van der Waals surface area contributed by atoms with E-state index in [0.717, 1.165) is 11.1 Å². The minimum atomic E-state index is -0.498. The van der Waals surface area contributed by atoms with Crippen LogP contribution in [0.4, 0.5) is 11.4 Å². The van der Waals surface area contributed by atoms with Gasteiger partial charge in [0, 0.05) is 28.4 Å². The van der Waals surface area contributed by atoms with Gasteiger partial charge in [0.25, 0.3) is 11.6 Å². The number of nitro benzene ring substituents is 1. The van der Waals surface area contributed by atoms with E-state index in [-0.39, 0.29) is 11.3 Å². The minimum Gasteiger partial charge on any atom is -0.436 e. The number of nitro groups is 1. The van der Waals surface area contributed by atoms with E-state index >= 15 is 0 Å². The summed E-state index contributed by atoms with van der Waals surface area (Å²) in [5, 5.41) is 13.9. The molecule has 0 aliphatic carbocycles. The Morgan fingerprint density at radius 3 is 2.57 bits per heavy atom. The van der Waals surface area contributed by atoms with Crippen LogP contribution in [0, 0.1) is 30.9 Å². The van der Waals surface area contributed by atoms with Crippen molar-refractivity contribution in [1.29, 1.82) is 0 Å². The van der Waals surface area contributed by atoms with Crippen molar-refractivity contribution in [3.05, 3.63) is 87.0 Å². The van der Waals surface area contributed by atoms with Crippen LogP contribution in [0.3, 0.4) is 0 Å². The highest BCUT2D eigenvalue weighted by Gasteiger charge is 2.18. The maximum Gasteiger partial charge on any atom is 0.273 e. The highest BCUT2D eigenvalue weighted by Crippen LogP contribution is 2.28. The minimum absolute atomic E-state index is 0.0902. The average Bonchev–Trinajstić information content (AvgIpc) is 3.13. The summed E-state index contributed by atoms with van der Waals surface area (Å²) in [4.78, 5) is 27.8. The van der Waals surface area contributed by atoms with E-state index < -0.39 is 10.8 Å². The number of hydrogen-bond acceptors (Lipinski definition) is 5. The van der Waals surface area contributed by atoms with E-state index in [4.69, 9.17) is 4.42 Å². The highest BCUT2D eigenvalue weighted by atomic mass is 16.6. The number of carbonyl (C=O) groups excluding carboxylic acids is 1. The van der Waals surface area contributed by atoms with Crippen molar-refractivity contribution in [2.45, 2.75) is 20.8 Å². The SMILES string of the molecule is Cc1ccc(-c2nc3cc(NC(=O)c4cccc([N+](=O)[O-])c4C)ccc3o2)cc1C. The number of nitrogens with one attached hydrogen (secondary N) is 1. The fraction of sp³-hybridized carbons (Fsp3) is 0.130. The monoisotopic (exact) mass is 401 g/mol. The van der Waals surface area contributed by atoms with Gasteiger partial charge in [-0.3, -0.25) is 14.9 Å². The van der Waals surface area contributed by atoms with Gasteiger partial charge in [0.15, 0.2) is 5.58 Å². The molecule has 4 rings (SSSR count). The van der Waals surface area contributed by atoms with Crippen LogP contribution in [0.2, 0.25) is 0 Å². The predicted molar refractivity (Wildman–Crippen MR) is 115 cm³/mol. The fourth-order valence-corrected chi connectivity index (χ4v) is 3.27. The zero-order valence-electron chi connectivity index (χ0n) is 16.7. The summed E-state index contributed by atoms with van der Waals surface area (Å²) in [5.74, 6) is 0.0829. The maximum absolute atomic E-state index is 12.7. The lowest BCUT2D eigenvalue weighted by molar-refractivity contribution is -0.385. The van der Waals surface area contributed by atoms with E-state index in [9.17, 15) is 14.9 Å². The maximum atomic E-state index is 12.7. The number of aryl methyl sites for hydroxylation is 2. The largest absolute Gasteiger partial charge is 0.436 e. The third-order valence-corrected chi connectivity index (χ3v) is 5.15. The van der Waals surface area contributed by atoms with Crippen molar-refractivity contribution in [1.82, 2.24) is 4.98 Å². The van der Waals surface area contributed by atoms with Gasteiger partial charge in [-0.2, -0.15) is 0 Å². The molecule has 0 aliphatic rings. The summed E-state index contributed by atoms with van der Waals surface area (Å²) in [7, 11) is 0. The molecule has 0 saturated heterocycles. The summed E-state index contributed by atoms with van der Waals surface area (Å²) in [6.45, 7) is 5.64. The second-order valence-corrected chi connectivity index (χ2v) is 7.16. The molecule has 7 nitrogen and oxygen atoms in total. The van der Waals surface area contributed by atoms with Crippen molar-refractivity contribution in [3.63, 3.8) is 0 Å². The molecule has 1 N–H and O–H groups in total. The highest BCUT2D eigenvalue weighted by molar-refractivity contribution is 6.06. The van der Waals surface area contributed by atoms with Gasteiger partial charge in [0.2, 0.25) is 5.89 Å². The van der Waals surface area contributed by atoms with Crippen LogP contribution in [0.5, 0.6) is 0 Å². The van der Waals surface area contributed by atoms with Gasteiger partial charge in [0.05, 0.1) is 4.92 Å². The standard InChI is InChI=1S/C23H19N3O4/c1-13-7-8-16(11-14(13)2)23-25-19-12-17(9-10-21(19)30-23)24-22(27)18-5-4-6-20(15(18)3)26(28)29/h4-12H,1-3H3,(H,24,27). The summed E-state index contributed by atoms with van der Waals surface area (Å²) < 4.78 is 5.86. The Hall–Kier alpha value is -4.00. The molecule has 0 aliphatic heterocycles. The first-order valence-electron chi connectivity index (χ1n) is 9.37. The molecule has 0 fully saturated rings. The van der Waals surface area contributed by atoms with Crippen molar-refractivity contribution >= 4 is 28.4 Å². The number of rotatable bonds is 4. The molecule has 0 bridgehead atoms. The first kappa shape index (κ1) is 19.3. The Balaban J connectivity index is 1.63. The lowest BCUT2D eigenvalue weighted by atomic mass is 10.1. The Labute approximate surface area is 172 Å². The van der Waals surface area contributed by atoms with Crippen molar-refractivity contribution in [2.24, 2.45) is 0 Å². The second kappa shape index (κ2) is 7.44. The zero-order chi connectivity index (χ0) is 21.4. The Bertz CT molecular complexity index is 1310. The number of anilines is 1. The molecule has 7 heteroatoms. The third-order valence-electron chi connectivity index (χ3n) is 5.15. The molecular weight excluding hydrogens is 382 g/mol. The molecule has 3 aromatic carbocycles. The molecule has 0 atom stereocenters.